The van der Waals surface area contributed by atoms with Crippen molar-refractivity contribution in [2.45, 2.75) is 13.0 Å². The molecule has 0 N–H and O–H groups in total. The van der Waals surface area contributed by atoms with Crippen LogP contribution >= 0.6 is 11.3 Å². The fourth-order valence-electron chi connectivity index (χ4n) is 2.50. The Balaban J connectivity index is 1.57. The normalized spacial score (nSPS) is 11.1. The van der Waals surface area contributed by atoms with Crippen LogP contribution < -0.4 is 5.69 Å². The second kappa shape index (κ2) is 5.81. The lowest BCUT2D eigenvalue weighted by Gasteiger charge is -1.97. The Bertz CT molecular complexity index is 1000. The first-order valence-corrected chi connectivity index (χ1v) is 8.19. The molecule has 114 valence electrons. The lowest BCUT2D eigenvalue weighted by molar-refractivity contribution is 0.648. The number of nitrogens with zero attached hydrogens (tertiary/aromatic N) is 4. The molecule has 3 aromatic heterocycles. The lowest BCUT2D eigenvalue weighted by Crippen LogP contribution is -2.21. The van der Waals surface area contributed by atoms with Crippen LogP contribution in [0.3, 0.4) is 0 Å². The molecular weight excluding hydrogens is 308 g/mol. The van der Waals surface area contributed by atoms with Crippen LogP contribution in [0.25, 0.3) is 5.65 Å². The molecule has 23 heavy (non-hydrogen) atoms. The molecule has 0 saturated heterocycles. The zero-order chi connectivity index (χ0) is 15.6. The molecule has 0 fully saturated rings. The van der Waals surface area contributed by atoms with Gasteiger partial charge in [0.05, 0.1) is 17.2 Å². The van der Waals surface area contributed by atoms with Gasteiger partial charge in [-0.15, -0.1) is 16.4 Å². The van der Waals surface area contributed by atoms with Crippen LogP contribution in [0, 0.1) is 0 Å². The van der Waals surface area contributed by atoms with E-state index in [1.165, 1.54) is 14.6 Å². The minimum atomic E-state index is -0.141. The van der Waals surface area contributed by atoms with Crippen molar-refractivity contribution in [3.8, 4) is 0 Å². The average molecular weight is 322 g/mol. The van der Waals surface area contributed by atoms with Gasteiger partial charge in [-0.1, -0.05) is 36.4 Å². The summed E-state index contributed by atoms with van der Waals surface area (Å²) < 4.78 is 2.99. The molecule has 5 nitrogen and oxygen atoms in total. The first-order valence-electron chi connectivity index (χ1n) is 7.31. The SMILES string of the molecule is O=c1n(Cc2csc(Cc3ccccc3)n2)nc2ccccn12. The fourth-order valence-corrected chi connectivity index (χ4v) is 3.32. The zero-order valence-corrected chi connectivity index (χ0v) is 13.1. The molecule has 0 aliphatic rings. The van der Waals surface area contributed by atoms with E-state index in [0.29, 0.717) is 12.2 Å². The molecule has 0 aliphatic carbocycles. The predicted molar refractivity (Wildman–Crippen MR) is 89.9 cm³/mol. The van der Waals surface area contributed by atoms with Gasteiger partial charge in [0.1, 0.15) is 0 Å². The standard InChI is InChI=1S/C17H14N4OS/c22-17-20-9-5-4-8-15(20)19-21(17)11-14-12-23-16(18-14)10-13-6-2-1-3-7-13/h1-9,12H,10-11H2. The smallest absolute Gasteiger partial charge is 0.250 e. The van der Waals surface area contributed by atoms with Crippen LogP contribution in [0.2, 0.25) is 0 Å². The van der Waals surface area contributed by atoms with E-state index in [4.69, 9.17) is 0 Å². The summed E-state index contributed by atoms with van der Waals surface area (Å²) >= 11 is 1.62. The van der Waals surface area contributed by atoms with Crippen molar-refractivity contribution in [1.29, 1.82) is 0 Å². The molecule has 0 aliphatic heterocycles. The molecule has 4 rings (SSSR count). The van der Waals surface area contributed by atoms with E-state index in [2.05, 4.69) is 22.2 Å². The minimum Gasteiger partial charge on any atom is -0.250 e. The predicted octanol–water partition coefficient (Wildman–Crippen LogP) is 2.59. The summed E-state index contributed by atoms with van der Waals surface area (Å²) in [7, 11) is 0. The molecule has 0 saturated carbocycles. The van der Waals surface area contributed by atoms with Crippen molar-refractivity contribution in [3.63, 3.8) is 0 Å². The van der Waals surface area contributed by atoms with E-state index in [0.717, 1.165) is 17.1 Å². The molecule has 0 amide bonds. The summed E-state index contributed by atoms with van der Waals surface area (Å²) in [6, 6.07) is 15.8. The summed E-state index contributed by atoms with van der Waals surface area (Å²) in [5, 5.41) is 7.37. The van der Waals surface area contributed by atoms with Gasteiger partial charge in [0.25, 0.3) is 0 Å². The second-order valence-corrected chi connectivity index (χ2v) is 6.21. The van der Waals surface area contributed by atoms with Gasteiger partial charge in [-0.25, -0.2) is 14.5 Å². The Kier molecular flexibility index (Phi) is 3.51. The topological polar surface area (TPSA) is 52.2 Å². The summed E-state index contributed by atoms with van der Waals surface area (Å²) in [4.78, 5) is 16.9. The highest BCUT2D eigenvalue weighted by Gasteiger charge is 2.09. The first kappa shape index (κ1) is 13.9. The van der Waals surface area contributed by atoms with Gasteiger partial charge in [0.15, 0.2) is 5.65 Å². The average Bonchev–Trinajstić information content (AvgIpc) is 3.14. The third kappa shape index (κ3) is 2.80. The number of fused-ring (bicyclic) bond motifs is 1. The van der Waals surface area contributed by atoms with Gasteiger partial charge in [0, 0.05) is 18.0 Å². The van der Waals surface area contributed by atoms with Crippen LogP contribution in [-0.2, 0) is 13.0 Å². The monoisotopic (exact) mass is 322 g/mol. The Morgan fingerprint density at radius 3 is 2.70 bits per heavy atom. The van der Waals surface area contributed by atoms with Crippen molar-refractivity contribution in [2.24, 2.45) is 0 Å². The van der Waals surface area contributed by atoms with Crippen LogP contribution in [0.5, 0.6) is 0 Å². The van der Waals surface area contributed by atoms with Crippen LogP contribution in [-0.4, -0.2) is 19.2 Å². The van der Waals surface area contributed by atoms with E-state index in [1.54, 1.807) is 17.5 Å². The van der Waals surface area contributed by atoms with Crippen molar-refractivity contribution in [3.05, 3.63) is 86.9 Å². The summed E-state index contributed by atoms with van der Waals surface area (Å²) in [5.74, 6) is 0. The maximum absolute atomic E-state index is 12.3. The summed E-state index contributed by atoms with van der Waals surface area (Å²) in [6.07, 6.45) is 2.54. The van der Waals surface area contributed by atoms with Crippen molar-refractivity contribution >= 4 is 17.0 Å². The number of pyridine rings is 1. The number of rotatable bonds is 4. The molecule has 1 aromatic carbocycles. The number of hydrogen-bond donors (Lipinski definition) is 0. The highest BCUT2D eigenvalue weighted by atomic mass is 32.1. The number of thiazole rings is 1. The Labute approximate surface area is 136 Å². The van der Waals surface area contributed by atoms with Crippen LogP contribution in [0.4, 0.5) is 0 Å². The third-order valence-electron chi connectivity index (χ3n) is 3.60. The molecule has 0 bridgehead atoms. The molecule has 3 heterocycles. The van der Waals surface area contributed by atoms with Gasteiger partial charge >= 0.3 is 5.69 Å². The maximum atomic E-state index is 12.3. The van der Waals surface area contributed by atoms with E-state index < -0.39 is 0 Å². The Morgan fingerprint density at radius 1 is 1.04 bits per heavy atom. The third-order valence-corrected chi connectivity index (χ3v) is 4.50. The molecule has 0 atom stereocenters. The van der Waals surface area contributed by atoms with Gasteiger partial charge in [-0.2, -0.15) is 0 Å². The highest BCUT2D eigenvalue weighted by molar-refractivity contribution is 7.09. The van der Waals surface area contributed by atoms with E-state index in [-0.39, 0.29) is 5.69 Å². The largest absolute Gasteiger partial charge is 0.350 e. The van der Waals surface area contributed by atoms with Crippen molar-refractivity contribution in [1.82, 2.24) is 19.2 Å². The number of aromatic nitrogens is 4. The first-order chi connectivity index (χ1) is 11.3. The van der Waals surface area contributed by atoms with Gasteiger partial charge in [0.2, 0.25) is 0 Å². The number of hydrogen-bond acceptors (Lipinski definition) is 4. The molecule has 0 spiro atoms. The second-order valence-electron chi connectivity index (χ2n) is 5.26. The molecule has 0 radical (unpaired) electrons. The van der Waals surface area contributed by atoms with E-state index in [9.17, 15) is 4.79 Å². The van der Waals surface area contributed by atoms with Gasteiger partial charge < -0.3 is 0 Å². The summed E-state index contributed by atoms with van der Waals surface area (Å²) in [5.41, 5.74) is 2.61. The molecule has 0 unspecified atom stereocenters. The van der Waals surface area contributed by atoms with Crippen molar-refractivity contribution in [2.75, 3.05) is 0 Å². The highest BCUT2D eigenvalue weighted by Crippen LogP contribution is 2.15. The Morgan fingerprint density at radius 2 is 1.87 bits per heavy atom. The van der Waals surface area contributed by atoms with Crippen LogP contribution in [0.15, 0.2) is 64.9 Å². The Hall–Kier alpha value is -2.73. The van der Waals surface area contributed by atoms with E-state index in [1.807, 2.05) is 41.8 Å². The zero-order valence-electron chi connectivity index (χ0n) is 12.3. The molecule has 6 heteroatoms. The lowest BCUT2D eigenvalue weighted by atomic mass is 10.2. The maximum Gasteiger partial charge on any atom is 0.350 e. The van der Waals surface area contributed by atoms with Crippen molar-refractivity contribution < 1.29 is 0 Å². The van der Waals surface area contributed by atoms with Crippen LogP contribution in [0.1, 0.15) is 16.3 Å². The summed E-state index contributed by atoms with van der Waals surface area (Å²) in [6.45, 7) is 0.395. The van der Waals surface area contributed by atoms with E-state index >= 15 is 0 Å². The molecule has 4 aromatic rings. The van der Waals surface area contributed by atoms with Gasteiger partial charge in [-0.3, -0.25) is 4.40 Å². The quantitative estimate of drug-likeness (QED) is 0.580. The minimum absolute atomic E-state index is 0.141. The fraction of sp³-hybridized carbons (Fsp3) is 0.118. The number of benzene rings is 1. The van der Waals surface area contributed by atoms with Gasteiger partial charge in [-0.05, 0) is 17.7 Å². The molecular formula is C17H14N4OS.